The van der Waals surface area contributed by atoms with Gasteiger partial charge in [-0.15, -0.1) is 0 Å². The number of nitrogens with zero attached hydrogens (tertiary/aromatic N) is 6. The molecule has 4 heterocycles. The second-order valence-corrected chi connectivity index (χ2v) is 8.82. The molecule has 1 aliphatic carbocycles. The van der Waals surface area contributed by atoms with Crippen LogP contribution in [0.1, 0.15) is 30.1 Å². The molecule has 2 atom stereocenters. The van der Waals surface area contributed by atoms with E-state index in [1.165, 1.54) is 29.9 Å². The summed E-state index contributed by atoms with van der Waals surface area (Å²) in [7, 11) is 4.46. The number of aryl methyl sites for hydroxylation is 1. The van der Waals surface area contributed by atoms with E-state index in [0.29, 0.717) is 12.1 Å². The average Bonchev–Trinajstić information content (AvgIpc) is 3.16. The van der Waals surface area contributed by atoms with Crippen LogP contribution < -0.4 is 0 Å². The maximum atomic E-state index is 5.08. The molecule has 0 aromatic carbocycles. The molecule has 1 fully saturated rings. The summed E-state index contributed by atoms with van der Waals surface area (Å²) in [6, 6.07) is 5.04. The molecular weight excluding hydrogens is 360 g/mol. The van der Waals surface area contributed by atoms with Gasteiger partial charge in [0.2, 0.25) is 0 Å². The van der Waals surface area contributed by atoms with Gasteiger partial charge < -0.3 is 14.7 Å². The summed E-state index contributed by atoms with van der Waals surface area (Å²) in [5.74, 6) is 2.45. The number of aromatic nitrogens is 1. The number of allylic oxidation sites excluding steroid dienone is 2. The maximum absolute atomic E-state index is 5.08. The Morgan fingerprint density at radius 2 is 2.07 bits per heavy atom. The predicted octanol–water partition coefficient (Wildman–Crippen LogP) is 2.13. The highest BCUT2D eigenvalue weighted by molar-refractivity contribution is 5.96. The van der Waals surface area contributed by atoms with Gasteiger partial charge >= 0.3 is 0 Å². The van der Waals surface area contributed by atoms with Crippen LogP contribution >= 0.6 is 0 Å². The van der Waals surface area contributed by atoms with Crippen LogP contribution in [0.15, 0.2) is 47.4 Å². The quantitative estimate of drug-likeness (QED) is 0.785. The Morgan fingerprint density at radius 1 is 1.21 bits per heavy atom. The normalized spacial score (nSPS) is 27.0. The number of pyridine rings is 1. The SMILES string of the molecule is CN1CCN(C2=CC=CC3=NC(CN(C)[C@@H]4CCCc5cccnc54)CN23)CC1. The van der Waals surface area contributed by atoms with Crippen LogP contribution in [0.5, 0.6) is 0 Å². The van der Waals surface area contributed by atoms with Crippen molar-refractivity contribution in [1.29, 1.82) is 0 Å². The zero-order chi connectivity index (χ0) is 19.8. The zero-order valence-corrected chi connectivity index (χ0v) is 17.7. The monoisotopic (exact) mass is 392 g/mol. The van der Waals surface area contributed by atoms with Crippen LogP contribution in [0.25, 0.3) is 0 Å². The van der Waals surface area contributed by atoms with Crippen LogP contribution in [0.2, 0.25) is 0 Å². The minimum absolute atomic E-state index is 0.308. The first-order chi connectivity index (χ1) is 14.2. The highest BCUT2D eigenvalue weighted by Crippen LogP contribution is 2.33. The third-order valence-corrected chi connectivity index (χ3v) is 6.78. The van der Waals surface area contributed by atoms with Crippen molar-refractivity contribution in [3.05, 3.63) is 53.6 Å². The van der Waals surface area contributed by atoms with Crippen molar-refractivity contribution in [2.75, 3.05) is 53.4 Å². The molecule has 1 aromatic rings. The van der Waals surface area contributed by atoms with E-state index in [1.807, 2.05) is 6.20 Å². The highest BCUT2D eigenvalue weighted by atomic mass is 15.4. The van der Waals surface area contributed by atoms with Crippen molar-refractivity contribution in [2.45, 2.75) is 31.3 Å². The molecule has 3 aliphatic heterocycles. The van der Waals surface area contributed by atoms with Crippen LogP contribution in [0.3, 0.4) is 0 Å². The van der Waals surface area contributed by atoms with Gasteiger partial charge in [-0.3, -0.25) is 14.9 Å². The Hall–Kier alpha value is -2.18. The molecule has 1 aromatic heterocycles. The lowest BCUT2D eigenvalue weighted by molar-refractivity contribution is 0.156. The number of hydrogen-bond donors (Lipinski definition) is 0. The van der Waals surface area contributed by atoms with E-state index in [-0.39, 0.29) is 0 Å². The van der Waals surface area contributed by atoms with Crippen LogP contribution in [0.4, 0.5) is 0 Å². The van der Waals surface area contributed by atoms with Crippen molar-refractivity contribution in [2.24, 2.45) is 4.99 Å². The van der Waals surface area contributed by atoms with E-state index < -0.39 is 0 Å². The van der Waals surface area contributed by atoms with Gasteiger partial charge in [0.05, 0.1) is 17.8 Å². The second-order valence-electron chi connectivity index (χ2n) is 8.82. The number of piperazine rings is 1. The minimum atomic E-state index is 0.308. The van der Waals surface area contributed by atoms with Gasteiger partial charge in [-0.25, -0.2) is 0 Å². The van der Waals surface area contributed by atoms with Crippen molar-refractivity contribution < 1.29 is 0 Å². The molecule has 0 bridgehead atoms. The number of fused-ring (bicyclic) bond motifs is 2. The fraction of sp³-hybridized carbons (Fsp3) is 0.565. The summed E-state index contributed by atoms with van der Waals surface area (Å²) in [6.45, 7) is 6.39. The van der Waals surface area contributed by atoms with E-state index in [9.17, 15) is 0 Å². The largest absolute Gasteiger partial charge is 0.355 e. The van der Waals surface area contributed by atoms with E-state index in [2.05, 4.69) is 64.1 Å². The summed E-state index contributed by atoms with van der Waals surface area (Å²) < 4.78 is 0. The van der Waals surface area contributed by atoms with E-state index in [4.69, 9.17) is 9.98 Å². The van der Waals surface area contributed by atoms with Crippen molar-refractivity contribution >= 4 is 5.84 Å². The molecule has 4 aliphatic rings. The molecule has 5 rings (SSSR count). The number of likely N-dealkylation sites (N-methyl/N-ethyl adjacent to an activating group) is 2. The summed E-state index contributed by atoms with van der Waals surface area (Å²) in [5, 5.41) is 0. The Bertz CT molecular complexity index is 836. The third-order valence-electron chi connectivity index (χ3n) is 6.78. The van der Waals surface area contributed by atoms with E-state index in [1.54, 1.807) is 0 Å². The Labute approximate surface area is 174 Å². The summed E-state index contributed by atoms with van der Waals surface area (Å²) in [5.41, 5.74) is 2.71. The summed E-state index contributed by atoms with van der Waals surface area (Å²) >= 11 is 0. The third kappa shape index (κ3) is 3.71. The van der Waals surface area contributed by atoms with Gasteiger partial charge in [0.25, 0.3) is 0 Å². The molecular formula is C23H32N6. The lowest BCUT2D eigenvalue weighted by Gasteiger charge is -2.40. The van der Waals surface area contributed by atoms with Gasteiger partial charge in [-0.2, -0.15) is 0 Å². The molecule has 154 valence electrons. The molecule has 0 amide bonds. The van der Waals surface area contributed by atoms with Gasteiger partial charge in [0.15, 0.2) is 0 Å². The molecule has 1 unspecified atom stereocenters. The Morgan fingerprint density at radius 3 is 2.93 bits per heavy atom. The maximum Gasteiger partial charge on any atom is 0.129 e. The van der Waals surface area contributed by atoms with Crippen molar-refractivity contribution in [3.63, 3.8) is 0 Å². The molecule has 6 nitrogen and oxygen atoms in total. The minimum Gasteiger partial charge on any atom is -0.355 e. The fourth-order valence-electron chi connectivity index (χ4n) is 5.14. The van der Waals surface area contributed by atoms with Crippen LogP contribution in [-0.2, 0) is 6.42 Å². The predicted molar refractivity (Wildman–Crippen MR) is 117 cm³/mol. The molecule has 0 radical (unpaired) electrons. The Balaban J connectivity index is 1.26. The molecule has 1 saturated heterocycles. The molecule has 0 saturated carbocycles. The standard InChI is InChI=1S/C23H32N6/c1-26-12-14-28(15-13-26)22-10-4-9-21-25-19(17-29(21)22)16-27(2)20-8-3-6-18-7-5-11-24-23(18)20/h4-5,7,9-11,19-20H,3,6,8,12-17H2,1-2H3/t19?,20-/m1/s1. The summed E-state index contributed by atoms with van der Waals surface area (Å²) in [6.07, 6.45) is 12.1. The zero-order valence-electron chi connectivity index (χ0n) is 17.7. The van der Waals surface area contributed by atoms with Gasteiger partial charge in [0.1, 0.15) is 11.7 Å². The second kappa shape index (κ2) is 7.92. The van der Waals surface area contributed by atoms with Crippen molar-refractivity contribution in [1.82, 2.24) is 24.6 Å². The van der Waals surface area contributed by atoms with Gasteiger partial charge in [-0.05, 0) is 57.1 Å². The van der Waals surface area contributed by atoms with Crippen LogP contribution in [0, 0.1) is 0 Å². The van der Waals surface area contributed by atoms with Crippen LogP contribution in [-0.4, -0.2) is 89.8 Å². The number of amidine groups is 1. The van der Waals surface area contributed by atoms with Gasteiger partial charge in [-0.1, -0.05) is 12.1 Å². The number of rotatable bonds is 4. The first-order valence-corrected chi connectivity index (χ1v) is 11.0. The van der Waals surface area contributed by atoms with E-state index >= 15 is 0 Å². The molecule has 0 spiro atoms. The fourth-order valence-corrected chi connectivity index (χ4v) is 5.14. The van der Waals surface area contributed by atoms with Gasteiger partial charge in [0, 0.05) is 45.5 Å². The highest BCUT2D eigenvalue weighted by Gasteiger charge is 2.33. The van der Waals surface area contributed by atoms with E-state index in [0.717, 1.165) is 51.5 Å². The molecule has 6 heteroatoms. The summed E-state index contributed by atoms with van der Waals surface area (Å²) in [4.78, 5) is 19.6. The lowest BCUT2D eigenvalue weighted by Crippen LogP contribution is -2.48. The first-order valence-electron chi connectivity index (χ1n) is 11.0. The lowest BCUT2D eigenvalue weighted by atomic mass is 9.91. The van der Waals surface area contributed by atoms with Crippen molar-refractivity contribution in [3.8, 4) is 0 Å². The molecule has 29 heavy (non-hydrogen) atoms. The Kier molecular flexibility index (Phi) is 5.14. The molecule has 0 N–H and O–H groups in total. The topological polar surface area (TPSA) is 38.2 Å². The average molecular weight is 393 g/mol. The first kappa shape index (κ1) is 18.8. The number of aliphatic imine (C=N–C) groups is 1. The number of hydrogen-bond acceptors (Lipinski definition) is 6. The smallest absolute Gasteiger partial charge is 0.129 e.